The molecule has 0 heterocycles. The zero-order valence-electron chi connectivity index (χ0n) is 23.8. The van der Waals surface area contributed by atoms with Crippen LogP contribution in [0.3, 0.4) is 0 Å². The molecule has 37 heavy (non-hydrogen) atoms. The van der Waals surface area contributed by atoms with Crippen LogP contribution in [0.2, 0.25) is 0 Å². The first-order valence-electron chi connectivity index (χ1n) is 14.0. The van der Waals surface area contributed by atoms with Gasteiger partial charge in [-0.3, -0.25) is 0 Å². The van der Waals surface area contributed by atoms with Crippen LogP contribution in [0.15, 0.2) is 96.1 Å². The molecule has 2 aliphatic rings. The highest BCUT2D eigenvalue weighted by Gasteiger charge is 2.40. The van der Waals surface area contributed by atoms with E-state index in [1.165, 1.54) is 68.7 Å². The molecule has 2 aliphatic carbocycles. The van der Waals surface area contributed by atoms with E-state index in [-0.39, 0.29) is 16.2 Å². The molecular formula is C37H42. The van der Waals surface area contributed by atoms with Crippen molar-refractivity contribution in [2.45, 2.75) is 78.6 Å². The number of hydrogen-bond donors (Lipinski definition) is 0. The van der Waals surface area contributed by atoms with Crippen LogP contribution in [0, 0.1) is 12.3 Å². The Kier molecular flexibility index (Phi) is 6.43. The molecule has 0 nitrogen and oxygen atoms in total. The van der Waals surface area contributed by atoms with Crippen LogP contribution >= 0.6 is 0 Å². The molecule has 0 bridgehead atoms. The fourth-order valence-corrected chi connectivity index (χ4v) is 6.83. The van der Waals surface area contributed by atoms with Crippen molar-refractivity contribution in [2.75, 3.05) is 0 Å². The Bertz CT molecular complexity index is 1490. The number of hydrogen-bond acceptors (Lipinski definition) is 0. The van der Waals surface area contributed by atoms with E-state index < -0.39 is 0 Å². The number of fused-ring (bicyclic) bond motifs is 2. The quantitative estimate of drug-likeness (QED) is 0.315. The second kappa shape index (κ2) is 9.32. The fourth-order valence-electron chi connectivity index (χ4n) is 6.83. The van der Waals surface area contributed by atoms with Crippen molar-refractivity contribution in [3.63, 3.8) is 0 Å². The Morgan fingerprint density at radius 1 is 0.757 bits per heavy atom. The van der Waals surface area contributed by atoms with Gasteiger partial charge in [-0.2, -0.15) is 0 Å². The van der Waals surface area contributed by atoms with Gasteiger partial charge in [0.15, 0.2) is 0 Å². The number of allylic oxidation sites excluding steroid dienone is 4. The maximum Gasteiger partial charge on any atom is 0.0149 e. The zero-order valence-corrected chi connectivity index (χ0v) is 23.8. The van der Waals surface area contributed by atoms with E-state index in [9.17, 15) is 0 Å². The summed E-state index contributed by atoms with van der Waals surface area (Å²) in [5.41, 5.74) is 9.77. The van der Waals surface area contributed by atoms with E-state index in [0.29, 0.717) is 0 Å². The summed E-state index contributed by atoms with van der Waals surface area (Å²) in [7, 11) is 0. The lowest BCUT2D eigenvalue weighted by Crippen LogP contribution is -2.34. The van der Waals surface area contributed by atoms with Crippen molar-refractivity contribution in [2.24, 2.45) is 5.41 Å². The number of rotatable bonds is 7. The van der Waals surface area contributed by atoms with E-state index in [4.69, 9.17) is 0 Å². The lowest BCUT2D eigenvalue weighted by Gasteiger charge is -2.43. The second-order valence-corrected chi connectivity index (χ2v) is 12.5. The van der Waals surface area contributed by atoms with Crippen molar-refractivity contribution in [1.29, 1.82) is 0 Å². The van der Waals surface area contributed by atoms with Crippen LogP contribution in [0.1, 0.15) is 83.1 Å². The van der Waals surface area contributed by atoms with E-state index in [1.807, 2.05) is 0 Å². The Morgan fingerprint density at radius 3 is 1.95 bits per heavy atom. The van der Waals surface area contributed by atoms with Crippen molar-refractivity contribution < 1.29 is 0 Å². The van der Waals surface area contributed by atoms with Gasteiger partial charge < -0.3 is 0 Å². The van der Waals surface area contributed by atoms with Crippen molar-refractivity contribution in [1.82, 2.24) is 0 Å². The van der Waals surface area contributed by atoms with Crippen LogP contribution < -0.4 is 10.4 Å². The van der Waals surface area contributed by atoms with Gasteiger partial charge in [0.25, 0.3) is 0 Å². The van der Waals surface area contributed by atoms with E-state index in [2.05, 4.69) is 139 Å². The Morgan fingerprint density at radius 2 is 1.35 bits per heavy atom. The van der Waals surface area contributed by atoms with Gasteiger partial charge in [0.05, 0.1) is 0 Å². The van der Waals surface area contributed by atoms with E-state index in [0.717, 1.165) is 0 Å². The smallest absolute Gasteiger partial charge is 0.0149 e. The van der Waals surface area contributed by atoms with Gasteiger partial charge in [-0.25, -0.2) is 0 Å². The predicted molar refractivity (Wildman–Crippen MR) is 160 cm³/mol. The molecule has 0 aromatic heterocycles. The summed E-state index contributed by atoms with van der Waals surface area (Å²) in [4.78, 5) is 0. The standard InChI is InChI=1S/C37H42/c1-8-9-20-37(7)25-28-22-27-21-26(2)33(35(3,4)29-16-12-10-13-17-29)23-31(27)32(28)24-34(37)36(5,6)30-18-14-11-15-19-30/h10-19,21-25H,8-9,20H2,1-7H3. The minimum atomic E-state index is -0.0619. The third-order valence-corrected chi connectivity index (χ3v) is 9.07. The summed E-state index contributed by atoms with van der Waals surface area (Å²) < 4.78 is 0. The molecule has 0 radical (unpaired) electrons. The molecule has 3 aromatic carbocycles. The zero-order chi connectivity index (χ0) is 26.4. The minimum absolute atomic E-state index is 0.0356. The maximum atomic E-state index is 2.59. The maximum absolute atomic E-state index is 2.59. The number of benzene rings is 3. The second-order valence-electron chi connectivity index (χ2n) is 12.5. The molecule has 0 N–H and O–H groups in total. The summed E-state index contributed by atoms with van der Waals surface area (Å²) in [5, 5.41) is 2.74. The summed E-state index contributed by atoms with van der Waals surface area (Å²) in [6.45, 7) is 16.6. The van der Waals surface area contributed by atoms with Crippen LogP contribution in [-0.2, 0) is 10.8 Å². The predicted octanol–water partition coefficient (Wildman–Crippen LogP) is 8.31. The summed E-state index contributed by atoms with van der Waals surface area (Å²) in [5.74, 6) is 0. The average molecular weight is 487 g/mol. The topological polar surface area (TPSA) is 0 Å². The fraction of sp³-hybridized carbons (Fsp3) is 0.351. The summed E-state index contributed by atoms with van der Waals surface area (Å²) in [6.07, 6.45) is 11.2. The van der Waals surface area contributed by atoms with E-state index >= 15 is 0 Å². The first-order valence-corrected chi connectivity index (χ1v) is 14.0. The molecule has 0 aliphatic heterocycles. The molecule has 1 atom stereocenters. The molecule has 0 saturated carbocycles. The SMILES string of the molecule is CCCCC1(C)C=C2C=c3cc(C)c(C(C)(C)c4ccccc4)cc3=C2C=C1C(C)(C)c1ccccc1. The van der Waals surface area contributed by atoms with Crippen LogP contribution in [0.4, 0.5) is 0 Å². The minimum Gasteiger partial charge on any atom is -0.0666 e. The van der Waals surface area contributed by atoms with Gasteiger partial charge in [0.1, 0.15) is 0 Å². The molecule has 0 saturated heterocycles. The average Bonchev–Trinajstić information content (AvgIpc) is 3.22. The monoisotopic (exact) mass is 486 g/mol. The molecule has 1 unspecified atom stereocenters. The largest absolute Gasteiger partial charge is 0.0666 e. The molecule has 0 amide bonds. The van der Waals surface area contributed by atoms with Crippen LogP contribution in [0.25, 0.3) is 11.6 Å². The molecular weight excluding hydrogens is 444 g/mol. The van der Waals surface area contributed by atoms with E-state index in [1.54, 1.807) is 0 Å². The first kappa shape index (κ1) is 25.5. The summed E-state index contributed by atoms with van der Waals surface area (Å²) >= 11 is 0. The lowest BCUT2D eigenvalue weighted by atomic mass is 9.61. The number of unbranched alkanes of at least 4 members (excludes halogenated alkanes) is 1. The molecule has 0 spiro atoms. The van der Waals surface area contributed by atoms with Gasteiger partial charge in [0, 0.05) is 16.2 Å². The van der Waals surface area contributed by atoms with Gasteiger partial charge >= 0.3 is 0 Å². The lowest BCUT2D eigenvalue weighted by molar-refractivity contribution is 0.382. The normalized spacial score (nSPS) is 19.1. The Balaban J connectivity index is 1.74. The highest BCUT2D eigenvalue weighted by atomic mass is 14.4. The highest BCUT2D eigenvalue weighted by Crippen LogP contribution is 2.50. The molecule has 3 aromatic rings. The highest BCUT2D eigenvalue weighted by molar-refractivity contribution is 5.90. The first-order chi connectivity index (χ1) is 17.6. The Labute approximate surface area is 224 Å². The molecule has 190 valence electrons. The van der Waals surface area contributed by atoms with Crippen molar-refractivity contribution in [3.8, 4) is 0 Å². The van der Waals surface area contributed by atoms with Crippen molar-refractivity contribution in [3.05, 3.63) is 129 Å². The van der Waals surface area contributed by atoms with Gasteiger partial charge in [-0.1, -0.05) is 133 Å². The van der Waals surface area contributed by atoms with Gasteiger partial charge in [0.2, 0.25) is 0 Å². The molecule has 5 rings (SSSR count). The molecule has 0 heteroatoms. The number of aryl methyl sites for hydroxylation is 1. The van der Waals surface area contributed by atoms with Crippen molar-refractivity contribution >= 4 is 11.6 Å². The van der Waals surface area contributed by atoms with Crippen LogP contribution in [0.5, 0.6) is 0 Å². The van der Waals surface area contributed by atoms with Crippen LogP contribution in [-0.4, -0.2) is 0 Å². The Hall–Kier alpha value is -3.12. The van der Waals surface area contributed by atoms with Gasteiger partial charge in [-0.15, -0.1) is 0 Å². The summed E-state index contributed by atoms with van der Waals surface area (Å²) in [6, 6.07) is 26.9. The third kappa shape index (κ3) is 4.35. The van der Waals surface area contributed by atoms with Gasteiger partial charge in [-0.05, 0) is 74.9 Å². The third-order valence-electron chi connectivity index (χ3n) is 9.07. The molecule has 0 fully saturated rings.